The molecule has 2 aliphatic carbocycles. The molecule has 1 saturated carbocycles. The molecule has 3 N–H and O–H groups in total. The number of halogens is 4. The number of amides is 1. The Labute approximate surface area is 124 Å². The molecule has 3 rings (SSSR count). The predicted molar refractivity (Wildman–Crippen MR) is 72.2 cm³/mol. The van der Waals surface area contributed by atoms with Gasteiger partial charge in [-0.3, -0.25) is 4.79 Å². The fourth-order valence-electron chi connectivity index (χ4n) is 3.28. The molecule has 1 aromatic rings. The Morgan fingerprint density at radius 2 is 1.91 bits per heavy atom. The van der Waals surface area contributed by atoms with Crippen molar-refractivity contribution in [2.24, 2.45) is 23.5 Å². The van der Waals surface area contributed by atoms with E-state index < -0.39 is 29.4 Å². The van der Waals surface area contributed by atoms with Crippen molar-refractivity contribution in [3.05, 3.63) is 41.7 Å². The van der Waals surface area contributed by atoms with E-state index in [1.54, 1.807) is 0 Å². The fourth-order valence-corrected chi connectivity index (χ4v) is 3.28. The molecule has 0 radical (unpaired) electrons. The van der Waals surface area contributed by atoms with Gasteiger partial charge in [0.1, 0.15) is 5.82 Å². The average Bonchev–Trinajstić information content (AvgIpc) is 3.00. The molecule has 0 unspecified atom stereocenters. The van der Waals surface area contributed by atoms with Gasteiger partial charge < -0.3 is 11.1 Å². The van der Waals surface area contributed by atoms with Gasteiger partial charge >= 0.3 is 6.18 Å². The molecule has 0 heterocycles. The number of hydrogen-bond acceptors (Lipinski definition) is 2. The molecule has 2 bridgehead atoms. The van der Waals surface area contributed by atoms with E-state index in [-0.39, 0.29) is 23.6 Å². The van der Waals surface area contributed by atoms with E-state index in [1.807, 2.05) is 12.2 Å². The second kappa shape index (κ2) is 5.08. The first-order valence-electron chi connectivity index (χ1n) is 6.89. The fraction of sp³-hybridized carbons (Fsp3) is 0.400. The summed E-state index contributed by atoms with van der Waals surface area (Å²) in [6.45, 7) is 0. The minimum Gasteiger partial charge on any atom is -0.326 e. The highest BCUT2D eigenvalue weighted by Gasteiger charge is 2.46. The number of anilines is 1. The zero-order valence-electron chi connectivity index (χ0n) is 11.4. The molecule has 0 spiro atoms. The van der Waals surface area contributed by atoms with Crippen molar-refractivity contribution >= 4 is 11.6 Å². The van der Waals surface area contributed by atoms with Crippen LogP contribution in [0.15, 0.2) is 30.4 Å². The first-order chi connectivity index (χ1) is 10.3. The van der Waals surface area contributed by atoms with Gasteiger partial charge in [0.15, 0.2) is 0 Å². The van der Waals surface area contributed by atoms with Crippen LogP contribution in [0.5, 0.6) is 0 Å². The van der Waals surface area contributed by atoms with Crippen LogP contribution in [0.2, 0.25) is 0 Å². The van der Waals surface area contributed by atoms with Crippen LogP contribution in [0.1, 0.15) is 12.0 Å². The SMILES string of the molecule is N[C@@H]1[C@H](C(=O)Nc2ccc(F)c(C(F)(F)F)c2)[C@H]2C=C[C@@H]1C2. The molecule has 22 heavy (non-hydrogen) atoms. The number of benzene rings is 1. The van der Waals surface area contributed by atoms with Crippen LogP contribution < -0.4 is 11.1 Å². The molecule has 4 atom stereocenters. The van der Waals surface area contributed by atoms with E-state index in [0.29, 0.717) is 12.1 Å². The number of alkyl halides is 3. The van der Waals surface area contributed by atoms with Crippen LogP contribution in [-0.2, 0) is 11.0 Å². The summed E-state index contributed by atoms with van der Waals surface area (Å²) in [6.07, 6.45) is -0.129. The third-order valence-electron chi connectivity index (χ3n) is 4.36. The second-order valence-corrected chi connectivity index (χ2v) is 5.73. The minimum absolute atomic E-state index is 0.0162. The number of fused-ring (bicyclic) bond motifs is 2. The van der Waals surface area contributed by atoms with E-state index in [2.05, 4.69) is 5.32 Å². The summed E-state index contributed by atoms with van der Waals surface area (Å²) in [4.78, 5) is 12.3. The summed E-state index contributed by atoms with van der Waals surface area (Å²) in [5.41, 5.74) is 4.50. The highest BCUT2D eigenvalue weighted by molar-refractivity contribution is 5.94. The number of carbonyl (C=O) groups excluding carboxylic acids is 1. The summed E-state index contributed by atoms with van der Waals surface area (Å²) < 4.78 is 51.2. The average molecular weight is 314 g/mol. The van der Waals surface area contributed by atoms with Gasteiger partial charge in [-0.15, -0.1) is 0 Å². The highest BCUT2D eigenvalue weighted by Crippen LogP contribution is 2.43. The van der Waals surface area contributed by atoms with E-state index in [9.17, 15) is 22.4 Å². The third kappa shape index (κ3) is 2.49. The maximum absolute atomic E-state index is 13.2. The van der Waals surface area contributed by atoms with Crippen molar-refractivity contribution in [3.8, 4) is 0 Å². The maximum atomic E-state index is 13.2. The third-order valence-corrected chi connectivity index (χ3v) is 4.36. The van der Waals surface area contributed by atoms with Gasteiger partial charge in [0.2, 0.25) is 5.91 Å². The Bertz CT molecular complexity index is 641. The van der Waals surface area contributed by atoms with Crippen LogP contribution in [0.4, 0.5) is 23.2 Å². The molecule has 0 saturated heterocycles. The Morgan fingerprint density at radius 1 is 1.23 bits per heavy atom. The number of allylic oxidation sites excluding steroid dienone is 1. The molecule has 1 amide bonds. The zero-order valence-corrected chi connectivity index (χ0v) is 11.4. The Morgan fingerprint density at radius 3 is 2.50 bits per heavy atom. The lowest BCUT2D eigenvalue weighted by Crippen LogP contribution is -2.41. The van der Waals surface area contributed by atoms with Crippen LogP contribution in [0.25, 0.3) is 0 Å². The summed E-state index contributed by atoms with van der Waals surface area (Å²) in [6, 6.07) is 2.07. The minimum atomic E-state index is -4.81. The number of nitrogens with two attached hydrogens (primary N) is 1. The van der Waals surface area contributed by atoms with Gasteiger partial charge in [0.05, 0.1) is 11.5 Å². The monoisotopic (exact) mass is 314 g/mol. The predicted octanol–water partition coefficient (Wildman–Crippen LogP) is 2.93. The van der Waals surface area contributed by atoms with Gasteiger partial charge in [-0.1, -0.05) is 12.2 Å². The van der Waals surface area contributed by atoms with Crippen LogP contribution >= 0.6 is 0 Å². The van der Waals surface area contributed by atoms with Crippen molar-refractivity contribution < 1.29 is 22.4 Å². The Kier molecular flexibility index (Phi) is 3.47. The molecule has 0 aromatic heterocycles. The van der Waals surface area contributed by atoms with E-state index in [1.165, 1.54) is 0 Å². The first kappa shape index (κ1) is 15.0. The standard InChI is InChI=1S/C15H14F4N2O/c16-11-4-3-9(6-10(11)15(17,18)19)21-14(22)12-7-1-2-8(5-7)13(12)20/h1-4,6-8,12-13H,5,20H2,(H,21,22)/t7-,8+,12+,13-/m0/s1. The van der Waals surface area contributed by atoms with Gasteiger partial charge in [0, 0.05) is 11.7 Å². The van der Waals surface area contributed by atoms with Crippen LogP contribution in [-0.4, -0.2) is 11.9 Å². The number of carbonyl (C=O) groups is 1. The Balaban J connectivity index is 1.79. The zero-order chi connectivity index (χ0) is 16.1. The van der Waals surface area contributed by atoms with E-state index in [0.717, 1.165) is 12.5 Å². The molecular formula is C15H14F4N2O. The molecule has 0 aliphatic heterocycles. The number of rotatable bonds is 2. The van der Waals surface area contributed by atoms with Crippen molar-refractivity contribution in [3.63, 3.8) is 0 Å². The number of hydrogen-bond donors (Lipinski definition) is 2. The quantitative estimate of drug-likeness (QED) is 0.651. The largest absolute Gasteiger partial charge is 0.419 e. The first-order valence-corrected chi connectivity index (χ1v) is 6.89. The van der Waals surface area contributed by atoms with Gasteiger partial charge in [-0.05, 0) is 36.5 Å². The Hall–Kier alpha value is -1.89. The highest BCUT2D eigenvalue weighted by atomic mass is 19.4. The van der Waals surface area contributed by atoms with Crippen LogP contribution in [0, 0.1) is 23.6 Å². The van der Waals surface area contributed by atoms with Crippen LogP contribution in [0.3, 0.4) is 0 Å². The lowest BCUT2D eigenvalue weighted by atomic mass is 9.88. The molecule has 2 aliphatic rings. The van der Waals surface area contributed by atoms with Crippen molar-refractivity contribution in [2.75, 3.05) is 5.32 Å². The topological polar surface area (TPSA) is 55.1 Å². The lowest BCUT2D eigenvalue weighted by Gasteiger charge is -2.23. The summed E-state index contributed by atoms with van der Waals surface area (Å²) in [5, 5.41) is 2.42. The van der Waals surface area contributed by atoms with Crippen molar-refractivity contribution in [2.45, 2.75) is 18.6 Å². The van der Waals surface area contributed by atoms with Gasteiger partial charge in [-0.25, -0.2) is 4.39 Å². The van der Waals surface area contributed by atoms with Crippen molar-refractivity contribution in [1.29, 1.82) is 0 Å². The second-order valence-electron chi connectivity index (χ2n) is 5.73. The molecular weight excluding hydrogens is 300 g/mol. The molecule has 1 fully saturated rings. The van der Waals surface area contributed by atoms with Gasteiger partial charge in [0.25, 0.3) is 0 Å². The van der Waals surface area contributed by atoms with E-state index in [4.69, 9.17) is 5.73 Å². The van der Waals surface area contributed by atoms with Gasteiger partial charge in [-0.2, -0.15) is 13.2 Å². The smallest absolute Gasteiger partial charge is 0.326 e. The normalized spacial score (nSPS) is 29.9. The lowest BCUT2D eigenvalue weighted by molar-refractivity contribution is -0.140. The summed E-state index contributed by atoms with van der Waals surface area (Å²) >= 11 is 0. The molecule has 3 nitrogen and oxygen atoms in total. The van der Waals surface area contributed by atoms with Crippen molar-refractivity contribution in [1.82, 2.24) is 0 Å². The summed E-state index contributed by atoms with van der Waals surface area (Å²) in [5.74, 6) is -2.11. The molecule has 118 valence electrons. The number of nitrogens with one attached hydrogen (secondary N) is 1. The summed E-state index contributed by atoms with van der Waals surface area (Å²) in [7, 11) is 0. The van der Waals surface area contributed by atoms with E-state index >= 15 is 0 Å². The molecule has 7 heteroatoms. The molecule has 1 aromatic carbocycles. The maximum Gasteiger partial charge on any atom is 0.419 e.